The minimum absolute atomic E-state index is 0.0000353. The number of fused-ring (bicyclic) bond motifs is 6. The summed E-state index contributed by atoms with van der Waals surface area (Å²) in [6, 6.07) is -0.325. The van der Waals surface area contributed by atoms with E-state index in [1.165, 1.54) is 4.31 Å². The minimum Gasteiger partial charge on any atom is -0.295 e. The molecule has 5 nitrogen and oxygen atoms in total. The first-order valence-corrected chi connectivity index (χ1v) is 16.7. The fourth-order valence-corrected chi connectivity index (χ4v) is 12.5. The lowest BCUT2D eigenvalue weighted by molar-refractivity contribution is -0.125. The van der Waals surface area contributed by atoms with Crippen LogP contribution in [-0.2, 0) is 19.6 Å². The van der Waals surface area contributed by atoms with E-state index in [-0.39, 0.29) is 58.5 Å². The number of ketones is 1. The molecule has 6 aliphatic rings. The molecule has 3 fully saturated rings. The number of hydrogen-bond acceptors (Lipinski definition) is 4. The number of carbonyl (C=O) groups is 2. The number of nitrogens with zero attached hydrogens (tertiary/aromatic N) is 1. The molecule has 0 aromatic rings. The first-order valence-electron chi connectivity index (χ1n) is 11.5. The Kier molecular flexibility index (Phi) is 3.59. The predicted octanol–water partition coefficient (Wildman–Crippen LogP) is 3.32. The minimum atomic E-state index is -3.74. The number of sulfonamides is 1. The quantitative estimate of drug-likeness (QED) is 0.471. The topological polar surface area (TPSA) is 71.5 Å². The lowest BCUT2D eigenvalue weighted by Crippen LogP contribution is -2.45. The Hall–Kier alpha value is -1.47. The van der Waals surface area contributed by atoms with Gasteiger partial charge in [0, 0.05) is 22.8 Å². The molecule has 166 valence electrons. The molecular weight excluding hydrogens is 426 g/mol. The van der Waals surface area contributed by atoms with Gasteiger partial charge >= 0.3 is 0 Å². The molecule has 5 aliphatic carbocycles. The van der Waals surface area contributed by atoms with E-state index in [0.717, 1.165) is 6.42 Å². The van der Waals surface area contributed by atoms with Crippen molar-refractivity contribution >= 4 is 29.8 Å². The highest BCUT2D eigenvalue weighted by molar-refractivity contribution is 7.90. The van der Waals surface area contributed by atoms with Gasteiger partial charge < -0.3 is 0 Å². The summed E-state index contributed by atoms with van der Waals surface area (Å²) in [5.41, 5.74) is -0.127. The number of hydrogen-bond donors (Lipinski definition) is 0. The molecule has 0 radical (unpaired) electrons. The average molecular weight is 458 g/mol. The van der Waals surface area contributed by atoms with Gasteiger partial charge in [-0.25, -0.2) is 12.7 Å². The predicted molar refractivity (Wildman–Crippen MR) is 121 cm³/mol. The lowest BCUT2D eigenvalue weighted by atomic mass is 9.69. The van der Waals surface area contributed by atoms with Crippen molar-refractivity contribution in [1.29, 1.82) is 0 Å². The van der Waals surface area contributed by atoms with Crippen LogP contribution in [0.4, 0.5) is 0 Å². The summed E-state index contributed by atoms with van der Waals surface area (Å²) in [7, 11) is -5.88. The molecule has 31 heavy (non-hydrogen) atoms. The second-order valence-corrected chi connectivity index (χ2v) is 19.1. The highest BCUT2D eigenvalue weighted by atomic mass is 32.2. The largest absolute Gasteiger partial charge is 0.295 e. The zero-order valence-corrected chi connectivity index (χ0v) is 20.7. The van der Waals surface area contributed by atoms with Crippen LogP contribution in [0.2, 0.25) is 19.6 Å². The van der Waals surface area contributed by atoms with Gasteiger partial charge in [-0.3, -0.25) is 9.59 Å². The summed E-state index contributed by atoms with van der Waals surface area (Å²) in [5.74, 6) is 0.128. The number of carbonyl (C=O) groups excluding carboxylic acids is 2. The summed E-state index contributed by atoms with van der Waals surface area (Å²) in [6.45, 7) is 10.6. The van der Waals surface area contributed by atoms with Crippen molar-refractivity contribution < 1.29 is 18.0 Å². The molecule has 4 bridgehead atoms. The smallest absolute Gasteiger partial charge is 0.263 e. The van der Waals surface area contributed by atoms with Crippen LogP contribution in [-0.4, -0.2) is 44.3 Å². The van der Waals surface area contributed by atoms with Crippen LogP contribution in [0, 0.1) is 40.4 Å². The van der Waals surface area contributed by atoms with Crippen molar-refractivity contribution in [3.05, 3.63) is 35.1 Å². The maximum absolute atomic E-state index is 14.2. The Bertz CT molecular complexity index is 1140. The third kappa shape index (κ3) is 2.15. The standard InChI is InChI=1S/C24H31NO4SSi/c1-23(2)15-8-9-24(23)12-30(28,29)25(16(24)11-15)22(27)19-17-13-6-7-14(10-13)18(17)20(26)21(19)31(3,4)5/h6-9,13-18H,10-12H2,1-5H3/t13?,14?,15?,16?,17-,18-,24?/m1/s1. The number of rotatable bonds is 2. The molecule has 6 rings (SSSR count). The second-order valence-electron chi connectivity index (χ2n) is 12.2. The molecule has 7 heteroatoms. The van der Waals surface area contributed by atoms with Crippen molar-refractivity contribution in [2.45, 2.75) is 52.4 Å². The zero-order valence-electron chi connectivity index (χ0n) is 18.9. The molecule has 1 heterocycles. The molecule has 0 aromatic heterocycles. The van der Waals surface area contributed by atoms with Crippen LogP contribution >= 0.6 is 0 Å². The van der Waals surface area contributed by atoms with Crippen molar-refractivity contribution in [2.24, 2.45) is 40.4 Å². The number of amides is 1. The summed E-state index contributed by atoms with van der Waals surface area (Å²) >= 11 is 0. The molecule has 0 N–H and O–H groups in total. The zero-order chi connectivity index (χ0) is 22.3. The van der Waals surface area contributed by atoms with Gasteiger partial charge in [0.15, 0.2) is 5.78 Å². The van der Waals surface area contributed by atoms with E-state index < -0.39 is 23.5 Å². The maximum Gasteiger partial charge on any atom is 0.263 e. The molecular formula is C24H31NO4SSi. The van der Waals surface area contributed by atoms with E-state index in [9.17, 15) is 18.0 Å². The van der Waals surface area contributed by atoms with Crippen molar-refractivity contribution in [3.8, 4) is 0 Å². The normalized spacial score (nSPS) is 45.2. The Labute approximate surface area is 185 Å². The average Bonchev–Trinajstić information content (AvgIpc) is 3.42. The Morgan fingerprint density at radius 2 is 1.71 bits per heavy atom. The van der Waals surface area contributed by atoms with Crippen molar-refractivity contribution in [3.63, 3.8) is 0 Å². The van der Waals surface area contributed by atoms with Gasteiger partial charge in [0.2, 0.25) is 10.0 Å². The SMILES string of the molecule is CC1(C)C2C=CC13CS(=O)(=O)N(C(=O)C1=C([Si](C)(C)C)C(=O)[C@@H]4C5C=CC(C5)[C@@H]14)C3C2. The van der Waals surface area contributed by atoms with E-state index in [4.69, 9.17) is 0 Å². The Balaban J connectivity index is 1.51. The Morgan fingerprint density at radius 3 is 2.32 bits per heavy atom. The van der Waals surface area contributed by atoms with Crippen LogP contribution in [0.1, 0.15) is 26.7 Å². The fourth-order valence-electron chi connectivity index (χ4n) is 8.10. The summed E-state index contributed by atoms with van der Waals surface area (Å²) < 4.78 is 28.2. The van der Waals surface area contributed by atoms with Gasteiger partial charge in [-0.15, -0.1) is 0 Å². The molecule has 1 aliphatic heterocycles. The van der Waals surface area contributed by atoms with E-state index in [2.05, 4.69) is 57.8 Å². The molecule has 2 saturated carbocycles. The fraction of sp³-hybridized carbons (Fsp3) is 0.667. The van der Waals surface area contributed by atoms with Crippen LogP contribution in [0.15, 0.2) is 35.1 Å². The van der Waals surface area contributed by atoms with Crippen LogP contribution in [0.5, 0.6) is 0 Å². The maximum atomic E-state index is 14.2. The van der Waals surface area contributed by atoms with E-state index in [1.54, 1.807) is 0 Å². The van der Waals surface area contributed by atoms with Gasteiger partial charge in [0.05, 0.1) is 19.9 Å². The van der Waals surface area contributed by atoms with Gasteiger partial charge in [-0.1, -0.05) is 57.8 Å². The van der Waals surface area contributed by atoms with Crippen LogP contribution < -0.4 is 0 Å². The van der Waals surface area contributed by atoms with Gasteiger partial charge in [-0.05, 0) is 41.2 Å². The molecule has 5 unspecified atom stereocenters. The lowest BCUT2D eigenvalue weighted by Gasteiger charge is -2.36. The van der Waals surface area contributed by atoms with E-state index in [0.29, 0.717) is 17.2 Å². The molecule has 1 saturated heterocycles. The summed E-state index contributed by atoms with van der Waals surface area (Å²) in [6.07, 6.45) is 10.1. The van der Waals surface area contributed by atoms with Crippen molar-refractivity contribution in [1.82, 2.24) is 4.31 Å². The first-order chi connectivity index (χ1) is 14.3. The highest BCUT2D eigenvalue weighted by Gasteiger charge is 2.71. The summed E-state index contributed by atoms with van der Waals surface area (Å²) in [4.78, 5) is 27.8. The van der Waals surface area contributed by atoms with Crippen LogP contribution in [0.3, 0.4) is 0 Å². The highest BCUT2D eigenvalue weighted by Crippen LogP contribution is 2.67. The van der Waals surface area contributed by atoms with Gasteiger partial charge in [0.1, 0.15) is 0 Å². The third-order valence-corrected chi connectivity index (χ3v) is 13.5. The van der Waals surface area contributed by atoms with Gasteiger partial charge in [0.25, 0.3) is 5.91 Å². The molecule has 1 spiro atoms. The number of allylic oxidation sites excluding steroid dienone is 4. The second kappa shape index (κ2) is 5.53. The molecule has 1 amide bonds. The molecule has 0 aromatic carbocycles. The van der Waals surface area contributed by atoms with E-state index in [1.807, 2.05) is 0 Å². The Morgan fingerprint density at radius 1 is 1.06 bits per heavy atom. The van der Waals surface area contributed by atoms with Crippen LogP contribution in [0.25, 0.3) is 0 Å². The van der Waals surface area contributed by atoms with Gasteiger partial charge in [-0.2, -0.15) is 0 Å². The third-order valence-electron chi connectivity index (χ3n) is 9.62. The first kappa shape index (κ1) is 20.2. The van der Waals surface area contributed by atoms with Crippen molar-refractivity contribution in [2.75, 3.05) is 5.75 Å². The molecule has 7 atom stereocenters. The number of Topliss-reactive ketones (excluding diaryl/α,β-unsaturated/α-hetero) is 1. The van der Waals surface area contributed by atoms with E-state index >= 15 is 0 Å². The summed E-state index contributed by atoms with van der Waals surface area (Å²) in [5, 5.41) is 0.708. The monoisotopic (exact) mass is 457 g/mol.